The SMILES string of the molecule is Nc1cc(N)cc(C(=O)Nc2ccncc2Br)c1. The Kier molecular flexibility index (Phi) is 3.47. The maximum absolute atomic E-state index is 12.0. The van der Waals surface area contributed by atoms with Gasteiger partial charge < -0.3 is 16.8 Å². The van der Waals surface area contributed by atoms with E-state index in [2.05, 4.69) is 26.2 Å². The van der Waals surface area contributed by atoms with Crippen LogP contribution in [0, 0.1) is 0 Å². The van der Waals surface area contributed by atoms with Crippen molar-refractivity contribution in [3.63, 3.8) is 0 Å². The van der Waals surface area contributed by atoms with E-state index in [1.165, 1.54) is 0 Å². The van der Waals surface area contributed by atoms with Crippen LogP contribution in [0.2, 0.25) is 0 Å². The second-order valence-corrected chi connectivity index (χ2v) is 4.55. The zero-order valence-electron chi connectivity index (χ0n) is 9.35. The van der Waals surface area contributed by atoms with Crippen LogP contribution in [-0.4, -0.2) is 10.9 Å². The van der Waals surface area contributed by atoms with E-state index < -0.39 is 0 Å². The molecule has 5 nitrogen and oxygen atoms in total. The zero-order chi connectivity index (χ0) is 13.1. The predicted molar refractivity (Wildman–Crippen MR) is 75.2 cm³/mol. The lowest BCUT2D eigenvalue weighted by Gasteiger charge is -2.08. The monoisotopic (exact) mass is 306 g/mol. The highest BCUT2D eigenvalue weighted by Crippen LogP contribution is 2.21. The van der Waals surface area contributed by atoms with Crippen molar-refractivity contribution >= 4 is 38.9 Å². The minimum atomic E-state index is -0.277. The van der Waals surface area contributed by atoms with Crippen molar-refractivity contribution in [3.8, 4) is 0 Å². The molecule has 18 heavy (non-hydrogen) atoms. The highest BCUT2D eigenvalue weighted by atomic mass is 79.9. The summed E-state index contributed by atoms with van der Waals surface area (Å²) in [7, 11) is 0. The third-order valence-corrected chi connectivity index (χ3v) is 2.89. The smallest absolute Gasteiger partial charge is 0.255 e. The zero-order valence-corrected chi connectivity index (χ0v) is 10.9. The van der Waals surface area contributed by atoms with Gasteiger partial charge in [0.1, 0.15) is 0 Å². The Morgan fingerprint density at radius 2 is 1.89 bits per heavy atom. The van der Waals surface area contributed by atoms with Gasteiger partial charge in [0, 0.05) is 29.3 Å². The van der Waals surface area contributed by atoms with Gasteiger partial charge in [-0.25, -0.2) is 0 Å². The molecule has 1 aromatic carbocycles. The molecule has 0 aliphatic rings. The van der Waals surface area contributed by atoms with E-state index in [1.54, 1.807) is 36.7 Å². The Bertz CT molecular complexity index is 580. The lowest BCUT2D eigenvalue weighted by atomic mass is 10.1. The van der Waals surface area contributed by atoms with E-state index in [4.69, 9.17) is 11.5 Å². The lowest BCUT2D eigenvalue weighted by Crippen LogP contribution is -2.13. The van der Waals surface area contributed by atoms with Crippen LogP contribution in [0.25, 0.3) is 0 Å². The molecule has 0 spiro atoms. The molecule has 0 aliphatic carbocycles. The number of nitrogens with one attached hydrogen (secondary N) is 1. The molecule has 0 bridgehead atoms. The van der Waals surface area contributed by atoms with Crippen LogP contribution in [0.1, 0.15) is 10.4 Å². The van der Waals surface area contributed by atoms with Gasteiger partial charge in [0.15, 0.2) is 0 Å². The normalized spacial score (nSPS) is 10.1. The Hall–Kier alpha value is -2.08. The summed E-state index contributed by atoms with van der Waals surface area (Å²) in [5.74, 6) is -0.277. The molecular formula is C12H11BrN4O. The van der Waals surface area contributed by atoms with Gasteiger partial charge in [-0.3, -0.25) is 9.78 Å². The van der Waals surface area contributed by atoms with Gasteiger partial charge >= 0.3 is 0 Å². The summed E-state index contributed by atoms with van der Waals surface area (Å²) < 4.78 is 0.704. The molecule has 0 atom stereocenters. The van der Waals surface area contributed by atoms with E-state index in [1.807, 2.05) is 0 Å². The van der Waals surface area contributed by atoms with Crippen LogP contribution in [0.3, 0.4) is 0 Å². The fraction of sp³-hybridized carbons (Fsp3) is 0. The molecule has 5 N–H and O–H groups in total. The van der Waals surface area contributed by atoms with Crippen LogP contribution in [0.15, 0.2) is 41.1 Å². The Morgan fingerprint density at radius 1 is 1.22 bits per heavy atom. The standard InChI is InChI=1S/C12H11BrN4O/c13-10-6-16-2-1-11(10)17-12(18)7-3-8(14)5-9(15)4-7/h1-6H,14-15H2,(H,16,17,18). The van der Waals surface area contributed by atoms with E-state index >= 15 is 0 Å². The fourth-order valence-corrected chi connectivity index (χ4v) is 1.83. The number of halogens is 1. The van der Waals surface area contributed by atoms with Gasteiger partial charge in [-0.2, -0.15) is 0 Å². The van der Waals surface area contributed by atoms with Crippen LogP contribution in [0.4, 0.5) is 17.1 Å². The molecule has 0 unspecified atom stereocenters. The van der Waals surface area contributed by atoms with Crippen molar-refractivity contribution in [2.24, 2.45) is 0 Å². The summed E-state index contributed by atoms with van der Waals surface area (Å²) in [5, 5.41) is 2.74. The lowest BCUT2D eigenvalue weighted by molar-refractivity contribution is 0.102. The Balaban J connectivity index is 2.25. The van der Waals surface area contributed by atoms with Gasteiger partial charge in [-0.15, -0.1) is 0 Å². The largest absolute Gasteiger partial charge is 0.399 e. The highest BCUT2D eigenvalue weighted by Gasteiger charge is 2.09. The van der Waals surface area contributed by atoms with Crippen molar-refractivity contribution in [2.75, 3.05) is 16.8 Å². The van der Waals surface area contributed by atoms with Crippen molar-refractivity contribution in [1.82, 2.24) is 4.98 Å². The Labute approximate surface area is 112 Å². The van der Waals surface area contributed by atoms with Gasteiger partial charge in [-0.05, 0) is 40.2 Å². The van der Waals surface area contributed by atoms with Gasteiger partial charge in [0.2, 0.25) is 0 Å². The van der Waals surface area contributed by atoms with Gasteiger partial charge in [0.25, 0.3) is 5.91 Å². The molecular weight excluding hydrogens is 296 g/mol. The number of carbonyl (C=O) groups is 1. The molecule has 0 radical (unpaired) electrons. The number of benzene rings is 1. The second kappa shape index (κ2) is 5.05. The average Bonchev–Trinajstić information content (AvgIpc) is 2.31. The molecule has 6 heteroatoms. The van der Waals surface area contributed by atoms with Crippen molar-refractivity contribution in [1.29, 1.82) is 0 Å². The number of aromatic nitrogens is 1. The topological polar surface area (TPSA) is 94.0 Å². The number of anilines is 3. The number of amides is 1. The van der Waals surface area contributed by atoms with Crippen LogP contribution in [-0.2, 0) is 0 Å². The molecule has 2 aromatic rings. The summed E-state index contributed by atoms with van der Waals surface area (Å²) in [6.45, 7) is 0. The number of nitrogen functional groups attached to an aromatic ring is 2. The molecule has 0 fully saturated rings. The molecule has 1 aromatic heterocycles. The van der Waals surface area contributed by atoms with Crippen LogP contribution >= 0.6 is 15.9 Å². The number of nitrogens with two attached hydrogens (primary N) is 2. The fourth-order valence-electron chi connectivity index (χ4n) is 1.48. The predicted octanol–water partition coefficient (Wildman–Crippen LogP) is 2.26. The molecule has 1 heterocycles. The number of hydrogen-bond donors (Lipinski definition) is 3. The van der Waals surface area contributed by atoms with Crippen LogP contribution < -0.4 is 16.8 Å². The van der Waals surface area contributed by atoms with Crippen molar-refractivity contribution in [2.45, 2.75) is 0 Å². The molecule has 0 saturated heterocycles. The first kappa shape index (κ1) is 12.4. The van der Waals surface area contributed by atoms with Crippen molar-refractivity contribution in [3.05, 3.63) is 46.7 Å². The van der Waals surface area contributed by atoms with Gasteiger partial charge in [-0.1, -0.05) is 0 Å². The molecule has 92 valence electrons. The summed E-state index contributed by atoms with van der Waals surface area (Å²) in [6.07, 6.45) is 3.19. The third kappa shape index (κ3) is 2.78. The first-order valence-electron chi connectivity index (χ1n) is 5.13. The summed E-state index contributed by atoms with van der Waals surface area (Å²) in [6, 6.07) is 6.43. The first-order chi connectivity index (χ1) is 8.56. The quantitative estimate of drug-likeness (QED) is 0.742. The van der Waals surface area contributed by atoms with E-state index in [0.29, 0.717) is 27.1 Å². The summed E-state index contributed by atoms with van der Waals surface area (Å²) in [4.78, 5) is 15.9. The van der Waals surface area contributed by atoms with Crippen LogP contribution in [0.5, 0.6) is 0 Å². The van der Waals surface area contributed by atoms with Crippen molar-refractivity contribution < 1.29 is 4.79 Å². The molecule has 0 saturated carbocycles. The van der Waals surface area contributed by atoms with Gasteiger partial charge in [0.05, 0.1) is 10.2 Å². The number of pyridine rings is 1. The Morgan fingerprint density at radius 3 is 2.50 bits per heavy atom. The second-order valence-electron chi connectivity index (χ2n) is 3.70. The van der Waals surface area contributed by atoms with E-state index in [9.17, 15) is 4.79 Å². The number of nitrogens with zero attached hydrogens (tertiary/aromatic N) is 1. The number of rotatable bonds is 2. The summed E-state index contributed by atoms with van der Waals surface area (Å²) >= 11 is 3.30. The van der Waals surface area contributed by atoms with E-state index in [-0.39, 0.29) is 5.91 Å². The maximum Gasteiger partial charge on any atom is 0.255 e. The van der Waals surface area contributed by atoms with E-state index in [0.717, 1.165) is 0 Å². The highest BCUT2D eigenvalue weighted by molar-refractivity contribution is 9.10. The molecule has 1 amide bonds. The third-order valence-electron chi connectivity index (χ3n) is 2.26. The average molecular weight is 307 g/mol. The number of carbonyl (C=O) groups excluding carboxylic acids is 1. The molecule has 2 rings (SSSR count). The maximum atomic E-state index is 12.0. The first-order valence-corrected chi connectivity index (χ1v) is 5.92. The number of hydrogen-bond acceptors (Lipinski definition) is 4. The minimum absolute atomic E-state index is 0.277. The minimum Gasteiger partial charge on any atom is -0.399 e. The molecule has 0 aliphatic heterocycles. The summed E-state index contributed by atoms with van der Waals surface area (Å²) in [5.41, 5.74) is 13.2.